The largest absolute Gasteiger partial charge is 0.444 e. The second-order valence-corrected chi connectivity index (χ2v) is 6.53. The molecule has 2 heterocycles. The number of benzene rings is 2. The van der Waals surface area contributed by atoms with Crippen LogP contribution < -0.4 is 0 Å². The Labute approximate surface area is 152 Å². The molecule has 0 amide bonds. The number of hydrogen-bond donors (Lipinski definition) is 0. The van der Waals surface area contributed by atoms with Gasteiger partial charge >= 0.3 is 0 Å². The van der Waals surface area contributed by atoms with Gasteiger partial charge in [0.15, 0.2) is 0 Å². The minimum absolute atomic E-state index is 0.654. The number of para-hydroxylation sites is 2. The van der Waals surface area contributed by atoms with Crippen molar-refractivity contribution < 1.29 is 4.42 Å². The van der Waals surface area contributed by atoms with Crippen LogP contribution in [0, 0.1) is 0 Å². The highest BCUT2D eigenvalue weighted by molar-refractivity contribution is 5.80. The third-order valence-electron chi connectivity index (χ3n) is 4.70. The minimum Gasteiger partial charge on any atom is -0.444 e. The van der Waals surface area contributed by atoms with Gasteiger partial charge in [0.2, 0.25) is 5.89 Å². The predicted molar refractivity (Wildman–Crippen MR) is 104 cm³/mol. The predicted octanol–water partition coefficient (Wildman–Crippen LogP) is 4.35. The molecule has 4 aromatic rings. The molecule has 0 N–H and O–H groups in total. The van der Waals surface area contributed by atoms with Crippen molar-refractivity contribution in [2.24, 2.45) is 7.05 Å². The van der Waals surface area contributed by atoms with Gasteiger partial charge in [-0.15, -0.1) is 0 Å². The molecule has 0 fully saturated rings. The Morgan fingerprint density at radius 3 is 2.46 bits per heavy atom. The molecule has 4 rings (SSSR count). The summed E-state index contributed by atoms with van der Waals surface area (Å²) in [7, 11) is 4.11. The van der Waals surface area contributed by atoms with Crippen molar-refractivity contribution in [3.05, 3.63) is 60.5 Å². The van der Waals surface area contributed by atoms with Crippen molar-refractivity contribution in [1.82, 2.24) is 19.4 Å². The standard InChI is InChI=1S/C21H22N4O/c1-4-24(2)13-17-14-26-21(22-17)16-11-9-15(10-12-16)20-23-18-7-5-6-8-19(18)25(20)3/h5-12,14H,4,13H2,1-3H3. The molecular formula is C21H22N4O. The van der Waals surface area contributed by atoms with E-state index in [4.69, 9.17) is 9.40 Å². The van der Waals surface area contributed by atoms with Gasteiger partial charge in [-0.3, -0.25) is 0 Å². The highest BCUT2D eigenvalue weighted by Crippen LogP contribution is 2.26. The van der Waals surface area contributed by atoms with E-state index in [1.54, 1.807) is 6.26 Å². The zero-order valence-electron chi connectivity index (χ0n) is 15.3. The summed E-state index contributed by atoms with van der Waals surface area (Å²) in [5, 5.41) is 0. The van der Waals surface area contributed by atoms with Crippen molar-refractivity contribution in [1.29, 1.82) is 0 Å². The van der Waals surface area contributed by atoms with Gasteiger partial charge in [0, 0.05) is 24.7 Å². The number of rotatable bonds is 5. The monoisotopic (exact) mass is 346 g/mol. The summed E-state index contributed by atoms with van der Waals surface area (Å²) in [5.41, 5.74) is 5.13. The van der Waals surface area contributed by atoms with E-state index in [0.717, 1.165) is 46.8 Å². The van der Waals surface area contributed by atoms with E-state index in [2.05, 4.69) is 46.6 Å². The van der Waals surface area contributed by atoms with Crippen LogP contribution >= 0.6 is 0 Å². The third kappa shape index (κ3) is 3.02. The van der Waals surface area contributed by atoms with E-state index < -0.39 is 0 Å². The van der Waals surface area contributed by atoms with Gasteiger partial charge < -0.3 is 13.9 Å². The lowest BCUT2D eigenvalue weighted by Crippen LogP contribution is -2.16. The van der Waals surface area contributed by atoms with E-state index in [1.165, 1.54) is 0 Å². The summed E-state index contributed by atoms with van der Waals surface area (Å²) < 4.78 is 7.77. The lowest BCUT2D eigenvalue weighted by atomic mass is 10.1. The van der Waals surface area contributed by atoms with Gasteiger partial charge in [0.1, 0.15) is 12.1 Å². The van der Waals surface area contributed by atoms with Crippen LogP contribution in [0.15, 0.2) is 59.2 Å². The van der Waals surface area contributed by atoms with Crippen molar-refractivity contribution in [3.8, 4) is 22.8 Å². The maximum absolute atomic E-state index is 5.65. The maximum Gasteiger partial charge on any atom is 0.226 e. The number of aryl methyl sites for hydroxylation is 1. The number of fused-ring (bicyclic) bond motifs is 1. The van der Waals surface area contributed by atoms with E-state index in [9.17, 15) is 0 Å². The summed E-state index contributed by atoms with van der Waals surface area (Å²) in [6, 6.07) is 16.4. The summed E-state index contributed by atoms with van der Waals surface area (Å²) >= 11 is 0. The highest BCUT2D eigenvalue weighted by atomic mass is 16.3. The van der Waals surface area contributed by atoms with Gasteiger partial charge in [-0.25, -0.2) is 9.97 Å². The molecule has 0 bridgehead atoms. The smallest absolute Gasteiger partial charge is 0.226 e. The summed E-state index contributed by atoms with van der Waals surface area (Å²) in [4.78, 5) is 11.5. The molecule has 0 atom stereocenters. The van der Waals surface area contributed by atoms with Crippen LogP contribution in [0.2, 0.25) is 0 Å². The van der Waals surface area contributed by atoms with E-state index in [-0.39, 0.29) is 0 Å². The average Bonchev–Trinajstić information content (AvgIpc) is 3.27. The quantitative estimate of drug-likeness (QED) is 0.539. The lowest BCUT2D eigenvalue weighted by molar-refractivity contribution is 0.341. The molecule has 2 aromatic heterocycles. The molecule has 26 heavy (non-hydrogen) atoms. The summed E-state index contributed by atoms with van der Waals surface area (Å²) in [6.45, 7) is 3.90. The van der Waals surface area contributed by atoms with Crippen LogP contribution in [0.5, 0.6) is 0 Å². The minimum atomic E-state index is 0.654. The molecular weight excluding hydrogens is 324 g/mol. The first kappa shape index (κ1) is 16.5. The van der Waals surface area contributed by atoms with Gasteiger partial charge in [-0.05, 0) is 37.9 Å². The SMILES string of the molecule is CCN(C)Cc1coc(-c2ccc(-c3nc4ccccc4n3C)cc2)n1. The fourth-order valence-corrected chi connectivity index (χ4v) is 3.07. The maximum atomic E-state index is 5.65. The Morgan fingerprint density at radius 2 is 1.73 bits per heavy atom. The Bertz CT molecular complexity index is 1030. The Hall–Kier alpha value is -2.92. The van der Waals surface area contributed by atoms with E-state index >= 15 is 0 Å². The molecule has 0 saturated carbocycles. The number of nitrogens with zero attached hydrogens (tertiary/aromatic N) is 4. The van der Waals surface area contributed by atoms with Crippen LogP contribution in [0.3, 0.4) is 0 Å². The molecule has 2 aromatic carbocycles. The Morgan fingerprint density at radius 1 is 1.00 bits per heavy atom. The Balaban J connectivity index is 1.61. The van der Waals surface area contributed by atoms with E-state index in [0.29, 0.717) is 5.89 Å². The Kier molecular flexibility index (Phi) is 4.31. The van der Waals surface area contributed by atoms with Crippen molar-refractivity contribution in [2.45, 2.75) is 13.5 Å². The van der Waals surface area contributed by atoms with Gasteiger partial charge in [-0.2, -0.15) is 0 Å². The molecule has 0 aliphatic carbocycles. The number of aromatic nitrogens is 3. The van der Waals surface area contributed by atoms with Crippen molar-refractivity contribution in [3.63, 3.8) is 0 Å². The first-order valence-electron chi connectivity index (χ1n) is 8.81. The van der Waals surface area contributed by atoms with Crippen LogP contribution in [0.1, 0.15) is 12.6 Å². The molecule has 5 nitrogen and oxygen atoms in total. The van der Waals surface area contributed by atoms with Crippen LogP contribution in [-0.2, 0) is 13.6 Å². The molecule has 0 aliphatic rings. The topological polar surface area (TPSA) is 47.1 Å². The molecule has 0 aliphatic heterocycles. The number of oxazole rings is 1. The lowest BCUT2D eigenvalue weighted by Gasteiger charge is -2.10. The molecule has 0 unspecified atom stereocenters. The normalized spacial score (nSPS) is 11.5. The van der Waals surface area contributed by atoms with Crippen LogP contribution in [-0.4, -0.2) is 33.0 Å². The van der Waals surface area contributed by atoms with E-state index in [1.807, 2.05) is 37.4 Å². The first-order chi connectivity index (χ1) is 12.7. The van der Waals surface area contributed by atoms with Crippen molar-refractivity contribution in [2.75, 3.05) is 13.6 Å². The second kappa shape index (κ2) is 6.77. The summed E-state index contributed by atoms with van der Waals surface area (Å²) in [5.74, 6) is 1.61. The molecule has 132 valence electrons. The summed E-state index contributed by atoms with van der Waals surface area (Å²) in [6.07, 6.45) is 1.74. The first-order valence-corrected chi connectivity index (χ1v) is 8.81. The number of hydrogen-bond acceptors (Lipinski definition) is 4. The zero-order valence-corrected chi connectivity index (χ0v) is 15.3. The highest BCUT2D eigenvalue weighted by Gasteiger charge is 2.11. The molecule has 0 spiro atoms. The van der Waals surface area contributed by atoms with Crippen LogP contribution in [0.25, 0.3) is 33.9 Å². The fraction of sp³-hybridized carbons (Fsp3) is 0.238. The molecule has 5 heteroatoms. The van der Waals surface area contributed by atoms with Gasteiger partial charge in [0.05, 0.1) is 16.7 Å². The second-order valence-electron chi connectivity index (χ2n) is 6.53. The van der Waals surface area contributed by atoms with Crippen LogP contribution in [0.4, 0.5) is 0 Å². The zero-order chi connectivity index (χ0) is 18.1. The van der Waals surface area contributed by atoms with Crippen molar-refractivity contribution >= 4 is 11.0 Å². The fourth-order valence-electron chi connectivity index (χ4n) is 3.07. The average molecular weight is 346 g/mol. The van der Waals surface area contributed by atoms with Gasteiger partial charge in [-0.1, -0.05) is 31.2 Å². The van der Waals surface area contributed by atoms with Gasteiger partial charge in [0.25, 0.3) is 0 Å². The number of imidazole rings is 1. The molecule has 0 saturated heterocycles. The third-order valence-corrected chi connectivity index (χ3v) is 4.70. The molecule has 0 radical (unpaired) electrons.